The van der Waals surface area contributed by atoms with E-state index in [-0.39, 0.29) is 68.9 Å². The van der Waals surface area contributed by atoms with Gasteiger partial charge in [0.15, 0.2) is 0 Å². The minimum atomic E-state index is -0.556. The number of likely N-dealkylation sites (tertiary alicyclic amines) is 1. The zero-order valence-corrected chi connectivity index (χ0v) is 15.5. The number of imide groups is 1. The predicted octanol–water partition coefficient (Wildman–Crippen LogP) is -2.04. The van der Waals surface area contributed by atoms with E-state index in [1.54, 1.807) is 0 Å². The van der Waals surface area contributed by atoms with Crippen molar-refractivity contribution in [3.8, 4) is 0 Å². The van der Waals surface area contributed by atoms with E-state index in [2.05, 4.69) is 21.3 Å². The second kappa shape index (κ2) is 13.2. The molecule has 154 valence electrons. The topological polar surface area (TPSA) is 154 Å². The van der Waals surface area contributed by atoms with Gasteiger partial charge in [0.25, 0.3) is 0 Å². The van der Waals surface area contributed by atoms with Crippen molar-refractivity contribution < 1.29 is 28.8 Å². The van der Waals surface area contributed by atoms with E-state index in [4.69, 9.17) is 0 Å². The number of nitrogens with zero attached hydrogens (tertiary/aromatic N) is 1. The molecule has 0 aromatic carbocycles. The van der Waals surface area contributed by atoms with Crippen LogP contribution in [0.1, 0.15) is 44.9 Å². The smallest absolute Gasteiger partial charge is 0.310 e. The zero-order chi connectivity index (χ0) is 20.8. The molecule has 6 amide bonds. The summed E-state index contributed by atoms with van der Waals surface area (Å²) in [4.78, 5) is 67.8. The standard InChI is InChI=1S/C17H25N5O6/c23-11-20-13(21-12-24)3-1-2-4-14(25)18-8-9-19-15(26)7-10-22-16(27)5-6-17(22)28/h13H,1-10H2,(H,18,25)(H,19,26)(H,20,23)(H,21,24). The monoisotopic (exact) mass is 395 g/mol. The molecule has 11 heteroatoms. The van der Waals surface area contributed by atoms with E-state index >= 15 is 0 Å². The molecule has 0 bridgehead atoms. The molecule has 2 radical (unpaired) electrons. The molecular formula is C17H25N5O6. The molecule has 0 unspecified atom stereocenters. The zero-order valence-electron chi connectivity index (χ0n) is 15.5. The lowest BCUT2D eigenvalue weighted by atomic mass is 10.1. The van der Waals surface area contributed by atoms with Gasteiger partial charge >= 0.3 is 12.8 Å². The highest BCUT2D eigenvalue weighted by atomic mass is 16.2. The van der Waals surface area contributed by atoms with E-state index in [9.17, 15) is 28.8 Å². The fourth-order valence-corrected chi connectivity index (χ4v) is 2.62. The van der Waals surface area contributed by atoms with Crippen LogP contribution >= 0.6 is 0 Å². The van der Waals surface area contributed by atoms with Crippen LogP contribution in [-0.2, 0) is 28.8 Å². The van der Waals surface area contributed by atoms with E-state index in [0.29, 0.717) is 19.3 Å². The summed E-state index contributed by atoms with van der Waals surface area (Å²) < 4.78 is 0. The fourth-order valence-electron chi connectivity index (χ4n) is 2.62. The Bertz CT molecular complexity index is 556. The molecule has 1 aliphatic rings. The van der Waals surface area contributed by atoms with Crippen molar-refractivity contribution in [3.63, 3.8) is 0 Å². The summed E-state index contributed by atoms with van der Waals surface area (Å²) in [6.45, 7) is 0.578. The Morgan fingerprint density at radius 1 is 0.893 bits per heavy atom. The molecule has 0 spiro atoms. The average molecular weight is 395 g/mol. The maximum Gasteiger partial charge on any atom is 0.310 e. The van der Waals surface area contributed by atoms with Gasteiger partial charge in [0.1, 0.15) is 6.17 Å². The Kier molecular flexibility index (Phi) is 10.9. The number of carbonyl (C=O) groups is 4. The second-order valence-corrected chi connectivity index (χ2v) is 6.18. The van der Waals surface area contributed by atoms with Crippen LogP contribution in [0.5, 0.6) is 0 Å². The van der Waals surface area contributed by atoms with Crippen molar-refractivity contribution in [2.75, 3.05) is 19.6 Å². The minimum Gasteiger partial charge on any atom is -0.354 e. The highest BCUT2D eigenvalue weighted by Crippen LogP contribution is 2.11. The quantitative estimate of drug-likeness (QED) is 0.108. The lowest BCUT2D eigenvalue weighted by Gasteiger charge is -2.14. The van der Waals surface area contributed by atoms with Crippen LogP contribution < -0.4 is 21.3 Å². The van der Waals surface area contributed by atoms with Gasteiger partial charge in [-0.1, -0.05) is 0 Å². The summed E-state index contributed by atoms with van der Waals surface area (Å²) in [6.07, 6.45) is 4.74. The second-order valence-electron chi connectivity index (χ2n) is 6.18. The number of amides is 6. The van der Waals surface area contributed by atoms with Crippen molar-refractivity contribution in [2.24, 2.45) is 0 Å². The Morgan fingerprint density at radius 2 is 1.43 bits per heavy atom. The van der Waals surface area contributed by atoms with E-state index in [1.807, 2.05) is 0 Å². The number of carbonyl (C=O) groups excluding carboxylic acids is 6. The van der Waals surface area contributed by atoms with Crippen LogP contribution in [0.15, 0.2) is 0 Å². The molecular weight excluding hydrogens is 370 g/mol. The van der Waals surface area contributed by atoms with Gasteiger partial charge in [0.2, 0.25) is 23.6 Å². The van der Waals surface area contributed by atoms with Gasteiger partial charge in [0.05, 0.1) is 0 Å². The van der Waals surface area contributed by atoms with E-state index in [1.165, 1.54) is 12.8 Å². The first-order valence-electron chi connectivity index (χ1n) is 9.10. The maximum atomic E-state index is 11.7. The summed E-state index contributed by atoms with van der Waals surface area (Å²) in [6, 6.07) is 0. The summed E-state index contributed by atoms with van der Waals surface area (Å²) >= 11 is 0. The number of unbranched alkanes of at least 4 members (excludes halogenated alkanes) is 1. The van der Waals surface area contributed by atoms with Gasteiger partial charge in [-0.3, -0.25) is 33.7 Å². The van der Waals surface area contributed by atoms with Crippen molar-refractivity contribution in [2.45, 2.75) is 51.1 Å². The van der Waals surface area contributed by atoms with Gasteiger partial charge in [-0.05, 0) is 19.3 Å². The van der Waals surface area contributed by atoms with Crippen LogP contribution in [0.25, 0.3) is 0 Å². The highest BCUT2D eigenvalue weighted by molar-refractivity contribution is 6.02. The lowest BCUT2D eigenvalue weighted by molar-refractivity contribution is -0.138. The molecule has 0 aromatic rings. The summed E-state index contributed by atoms with van der Waals surface area (Å²) in [5, 5.41) is 9.86. The van der Waals surface area contributed by atoms with Crippen LogP contribution in [0.3, 0.4) is 0 Å². The predicted molar refractivity (Wildman–Crippen MR) is 96.5 cm³/mol. The van der Waals surface area contributed by atoms with Crippen molar-refractivity contribution >= 4 is 36.4 Å². The number of nitrogens with one attached hydrogen (secondary N) is 4. The van der Waals surface area contributed by atoms with Gasteiger partial charge in [0, 0.05) is 45.3 Å². The normalized spacial score (nSPS) is 13.4. The molecule has 0 atom stereocenters. The number of hydrogen-bond donors (Lipinski definition) is 4. The largest absolute Gasteiger partial charge is 0.354 e. The first-order valence-corrected chi connectivity index (χ1v) is 9.10. The van der Waals surface area contributed by atoms with Gasteiger partial charge in [-0.25, -0.2) is 0 Å². The summed E-state index contributed by atoms with van der Waals surface area (Å²) in [5.41, 5.74) is 0. The van der Waals surface area contributed by atoms with Crippen molar-refractivity contribution in [1.29, 1.82) is 0 Å². The molecule has 0 aromatic heterocycles. The third-order valence-corrected chi connectivity index (χ3v) is 4.10. The van der Waals surface area contributed by atoms with Crippen molar-refractivity contribution in [1.82, 2.24) is 26.2 Å². The molecule has 1 rings (SSSR count). The Labute approximate surface area is 163 Å². The maximum absolute atomic E-state index is 11.7. The molecule has 0 saturated carbocycles. The van der Waals surface area contributed by atoms with Crippen LogP contribution in [0.2, 0.25) is 0 Å². The Morgan fingerprint density at radius 3 is 1.96 bits per heavy atom. The molecule has 1 aliphatic heterocycles. The first-order chi connectivity index (χ1) is 13.5. The number of rotatable bonds is 15. The van der Waals surface area contributed by atoms with Crippen LogP contribution in [0.4, 0.5) is 0 Å². The summed E-state index contributed by atoms with van der Waals surface area (Å²) in [5.74, 6) is -0.983. The van der Waals surface area contributed by atoms with Crippen LogP contribution in [0, 0.1) is 0 Å². The number of hydrogen-bond acceptors (Lipinski definition) is 6. The molecule has 0 aliphatic carbocycles. The molecule has 1 saturated heterocycles. The molecule has 1 fully saturated rings. The third-order valence-electron chi connectivity index (χ3n) is 4.10. The fraction of sp³-hybridized carbons (Fsp3) is 0.647. The van der Waals surface area contributed by atoms with E-state index < -0.39 is 6.17 Å². The highest BCUT2D eigenvalue weighted by Gasteiger charge is 2.28. The van der Waals surface area contributed by atoms with E-state index in [0.717, 1.165) is 4.90 Å². The minimum absolute atomic E-state index is 0.0328. The Hall–Kier alpha value is -2.98. The molecule has 28 heavy (non-hydrogen) atoms. The SMILES string of the molecule is O=[C]NC(CCCCC(=O)NCCNC(=O)CCN1C(=O)CCC1=O)N[C]=O. The molecule has 4 N–H and O–H groups in total. The Balaban J connectivity index is 2.04. The average Bonchev–Trinajstić information content (AvgIpc) is 2.98. The van der Waals surface area contributed by atoms with Crippen LogP contribution in [-0.4, -0.2) is 67.1 Å². The van der Waals surface area contributed by atoms with Gasteiger partial charge < -0.3 is 21.3 Å². The molecule has 1 heterocycles. The first kappa shape index (κ1) is 23.1. The summed E-state index contributed by atoms with van der Waals surface area (Å²) in [7, 11) is 0. The molecule has 11 nitrogen and oxygen atoms in total. The van der Waals surface area contributed by atoms with Gasteiger partial charge in [-0.15, -0.1) is 0 Å². The lowest BCUT2D eigenvalue weighted by Crippen LogP contribution is -2.40. The third kappa shape index (κ3) is 9.10. The van der Waals surface area contributed by atoms with Crippen molar-refractivity contribution in [3.05, 3.63) is 0 Å². The van der Waals surface area contributed by atoms with Gasteiger partial charge in [-0.2, -0.15) is 0 Å².